The van der Waals surface area contributed by atoms with Gasteiger partial charge in [-0.2, -0.15) is 0 Å². The van der Waals surface area contributed by atoms with Crippen LogP contribution in [0.5, 0.6) is 0 Å². The highest BCUT2D eigenvalue weighted by Gasteiger charge is 2.50. The third kappa shape index (κ3) is 3.15. The fraction of sp³-hybridized carbons (Fsp3) is 0.714. The summed E-state index contributed by atoms with van der Waals surface area (Å²) in [7, 11) is 0. The van der Waals surface area contributed by atoms with E-state index in [1.54, 1.807) is 6.20 Å². The Morgan fingerprint density at radius 2 is 2.16 bits per heavy atom. The van der Waals surface area contributed by atoms with Crippen LogP contribution >= 0.6 is 0 Å². The SMILES string of the molecule is Cc1nccn1CC(N)(C(=O)OC(C)(C)C)C1CC1. The lowest BCUT2D eigenvalue weighted by molar-refractivity contribution is -0.163. The molecule has 1 aliphatic carbocycles. The van der Waals surface area contributed by atoms with Crippen LogP contribution in [0, 0.1) is 12.8 Å². The van der Waals surface area contributed by atoms with Crippen molar-refractivity contribution in [2.45, 2.75) is 58.2 Å². The molecule has 0 aromatic carbocycles. The number of esters is 1. The van der Waals surface area contributed by atoms with E-state index < -0.39 is 11.1 Å². The molecule has 1 unspecified atom stereocenters. The van der Waals surface area contributed by atoms with Gasteiger partial charge in [-0.15, -0.1) is 0 Å². The van der Waals surface area contributed by atoms with Crippen LogP contribution in [0.1, 0.15) is 39.4 Å². The van der Waals surface area contributed by atoms with Crippen LogP contribution in [0.3, 0.4) is 0 Å². The zero-order valence-electron chi connectivity index (χ0n) is 12.1. The fourth-order valence-corrected chi connectivity index (χ4v) is 2.18. The molecule has 106 valence electrons. The zero-order chi connectivity index (χ0) is 14.3. The van der Waals surface area contributed by atoms with Crippen LogP contribution in [0.15, 0.2) is 12.4 Å². The Labute approximate surface area is 114 Å². The maximum absolute atomic E-state index is 12.4. The van der Waals surface area contributed by atoms with E-state index in [4.69, 9.17) is 10.5 Å². The minimum absolute atomic E-state index is 0.212. The Bertz CT molecular complexity index is 471. The van der Waals surface area contributed by atoms with E-state index in [-0.39, 0.29) is 11.9 Å². The van der Waals surface area contributed by atoms with Gasteiger partial charge in [0.1, 0.15) is 17.0 Å². The van der Waals surface area contributed by atoms with Gasteiger partial charge in [-0.25, -0.2) is 9.78 Å². The lowest BCUT2D eigenvalue weighted by Crippen LogP contribution is -2.55. The summed E-state index contributed by atoms with van der Waals surface area (Å²) in [5.74, 6) is 0.763. The second kappa shape index (κ2) is 4.63. The van der Waals surface area contributed by atoms with E-state index in [0.29, 0.717) is 6.54 Å². The lowest BCUT2D eigenvalue weighted by Gasteiger charge is -2.32. The Morgan fingerprint density at radius 1 is 1.53 bits per heavy atom. The Morgan fingerprint density at radius 3 is 2.58 bits per heavy atom. The molecule has 0 radical (unpaired) electrons. The second-order valence-corrected chi connectivity index (χ2v) is 6.42. The van der Waals surface area contributed by atoms with Gasteiger partial charge in [0.25, 0.3) is 0 Å². The summed E-state index contributed by atoms with van der Waals surface area (Å²) in [6.45, 7) is 7.92. The van der Waals surface area contributed by atoms with Gasteiger partial charge in [-0.3, -0.25) is 0 Å². The first-order chi connectivity index (χ1) is 8.72. The van der Waals surface area contributed by atoms with E-state index >= 15 is 0 Å². The quantitative estimate of drug-likeness (QED) is 0.840. The van der Waals surface area contributed by atoms with Crippen molar-refractivity contribution in [1.29, 1.82) is 0 Å². The fourth-order valence-electron chi connectivity index (χ4n) is 2.18. The lowest BCUT2D eigenvalue weighted by atomic mass is 9.94. The highest BCUT2D eigenvalue weighted by Crippen LogP contribution is 2.40. The normalized spacial score (nSPS) is 19.0. The number of ether oxygens (including phenoxy) is 1. The van der Waals surface area contributed by atoms with Crippen molar-refractivity contribution in [1.82, 2.24) is 9.55 Å². The van der Waals surface area contributed by atoms with E-state index in [0.717, 1.165) is 18.7 Å². The van der Waals surface area contributed by atoms with Gasteiger partial charge >= 0.3 is 5.97 Å². The van der Waals surface area contributed by atoms with Gasteiger partial charge in [-0.1, -0.05) is 0 Å². The van der Waals surface area contributed by atoms with Crippen molar-refractivity contribution in [3.8, 4) is 0 Å². The summed E-state index contributed by atoms with van der Waals surface area (Å²) in [5, 5.41) is 0. The number of hydrogen-bond donors (Lipinski definition) is 1. The first-order valence-electron chi connectivity index (χ1n) is 6.72. The molecule has 1 aromatic heterocycles. The van der Waals surface area contributed by atoms with Crippen LogP contribution < -0.4 is 5.73 Å². The summed E-state index contributed by atoms with van der Waals surface area (Å²) in [6.07, 6.45) is 5.55. The highest BCUT2D eigenvalue weighted by molar-refractivity contribution is 5.81. The van der Waals surface area contributed by atoms with Crippen molar-refractivity contribution in [2.24, 2.45) is 11.7 Å². The predicted molar refractivity (Wildman–Crippen MR) is 72.5 cm³/mol. The number of carbonyl (C=O) groups excluding carboxylic acids is 1. The Balaban J connectivity index is 2.18. The number of aryl methyl sites for hydroxylation is 1. The minimum atomic E-state index is -0.946. The molecule has 1 atom stereocenters. The molecular weight excluding hydrogens is 242 g/mol. The summed E-state index contributed by atoms with van der Waals surface area (Å²) < 4.78 is 7.41. The van der Waals surface area contributed by atoms with Crippen LogP contribution in [0.2, 0.25) is 0 Å². The highest BCUT2D eigenvalue weighted by atomic mass is 16.6. The van der Waals surface area contributed by atoms with Gasteiger partial charge in [-0.05, 0) is 46.5 Å². The minimum Gasteiger partial charge on any atom is -0.459 e. The second-order valence-electron chi connectivity index (χ2n) is 6.42. The number of aromatic nitrogens is 2. The Kier molecular flexibility index (Phi) is 3.43. The summed E-state index contributed by atoms with van der Waals surface area (Å²) >= 11 is 0. The molecule has 0 bridgehead atoms. The molecule has 0 aliphatic heterocycles. The summed E-state index contributed by atoms with van der Waals surface area (Å²) in [5.41, 5.74) is 4.93. The average molecular weight is 265 g/mol. The largest absolute Gasteiger partial charge is 0.459 e. The Hall–Kier alpha value is -1.36. The number of carbonyl (C=O) groups is 1. The molecule has 2 N–H and O–H groups in total. The van der Waals surface area contributed by atoms with Gasteiger partial charge in [0.05, 0.1) is 6.54 Å². The maximum atomic E-state index is 12.4. The molecular formula is C14H23N3O2. The van der Waals surface area contributed by atoms with Gasteiger partial charge in [0.15, 0.2) is 0 Å². The molecule has 19 heavy (non-hydrogen) atoms. The summed E-state index contributed by atoms with van der Waals surface area (Å²) in [6, 6.07) is 0. The van der Waals surface area contributed by atoms with E-state index in [1.165, 1.54) is 0 Å². The van der Waals surface area contributed by atoms with Crippen LogP contribution in [-0.4, -0.2) is 26.7 Å². The monoisotopic (exact) mass is 265 g/mol. The summed E-state index contributed by atoms with van der Waals surface area (Å²) in [4.78, 5) is 16.6. The smallest absolute Gasteiger partial charge is 0.328 e. The molecule has 5 heteroatoms. The molecule has 1 heterocycles. The molecule has 1 fully saturated rings. The predicted octanol–water partition coefficient (Wildman–Crippen LogP) is 1.64. The average Bonchev–Trinajstić information content (AvgIpc) is 3.03. The number of imidazole rings is 1. The zero-order valence-corrected chi connectivity index (χ0v) is 12.1. The van der Waals surface area contributed by atoms with Gasteiger partial charge < -0.3 is 15.0 Å². The van der Waals surface area contributed by atoms with Crippen LogP contribution in [0.25, 0.3) is 0 Å². The third-order valence-electron chi connectivity index (χ3n) is 3.44. The molecule has 0 spiro atoms. The van der Waals surface area contributed by atoms with Gasteiger partial charge in [0, 0.05) is 12.4 Å². The molecule has 1 aromatic rings. The van der Waals surface area contributed by atoms with Crippen molar-refractivity contribution in [2.75, 3.05) is 0 Å². The molecule has 2 rings (SSSR count). The topological polar surface area (TPSA) is 70.1 Å². The molecule has 0 saturated heterocycles. The number of nitrogens with zero attached hydrogens (tertiary/aromatic N) is 2. The van der Waals surface area contributed by atoms with Crippen molar-refractivity contribution in [3.05, 3.63) is 18.2 Å². The van der Waals surface area contributed by atoms with Crippen molar-refractivity contribution < 1.29 is 9.53 Å². The molecule has 1 saturated carbocycles. The van der Waals surface area contributed by atoms with Crippen molar-refractivity contribution >= 4 is 5.97 Å². The third-order valence-corrected chi connectivity index (χ3v) is 3.44. The van der Waals surface area contributed by atoms with Crippen molar-refractivity contribution in [3.63, 3.8) is 0 Å². The standard InChI is InChI=1S/C14H23N3O2/c1-10-16-7-8-17(10)9-14(15,11-5-6-11)12(18)19-13(2,3)4/h7-8,11H,5-6,9,15H2,1-4H3. The van der Waals surface area contributed by atoms with E-state index in [2.05, 4.69) is 4.98 Å². The number of nitrogens with two attached hydrogens (primary N) is 1. The van der Waals surface area contributed by atoms with E-state index in [1.807, 2.05) is 38.5 Å². The first kappa shape index (κ1) is 14.1. The first-order valence-corrected chi connectivity index (χ1v) is 6.72. The number of rotatable bonds is 4. The molecule has 1 aliphatic rings. The molecule has 0 amide bonds. The van der Waals surface area contributed by atoms with Crippen LogP contribution in [0.4, 0.5) is 0 Å². The molecule has 5 nitrogen and oxygen atoms in total. The van der Waals surface area contributed by atoms with E-state index in [9.17, 15) is 4.79 Å². The number of hydrogen-bond acceptors (Lipinski definition) is 4. The van der Waals surface area contributed by atoms with Gasteiger partial charge in [0.2, 0.25) is 0 Å². The maximum Gasteiger partial charge on any atom is 0.328 e. The van der Waals surface area contributed by atoms with Crippen LogP contribution in [-0.2, 0) is 16.1 Å².